The van der Waals surface area contributed by atoms with E-state index in [0.717, 1.165) is 0 Å². The number of hydrogen-bond acceptors (Lipinski definition) is 2. The van der Waals surface area contributed by atoms with E-state index in [-0.39, 0.29) is 6.07 Å². The highest BCUT2D eigenvalue weighted by Crippen LogP contribution is 2.37. The van der Waals surface area contributed by atoms with Crippen LogP contribution in [0.4, 0.5) is 30.7 Å². The molecule has 0 aliphatic carbocycles. The molecule has 18 heavy (non-hydrogen) atoms. The highest BCUT2D eigenvalue weighted by atomic mass is 35.5. The monoisotopic (exact) mass is 297 g/mol. The Morgan fingerprint density at radius 1 is 1.17 bits per heavy atom. The van der Waals surface area contributed by atoms with Crippen LogP contribution in [0.3, 0.4) is 0 Å². The van der Waals surface area contributed by atoms with Crippen molar-refractivity contribution in [2.75, 3.05) is 0 Å². The lowest BCUT2D eigenvalue weighted by molar-refractivity contribution is -0.276. The van der Waals surface area contributed by atoms with Gasteiger partial charge in [0.1, 0.15) is 0 Å². The van der Waals surface area contributed by atoms with Gasteiger partial charge in [0.2, 0.25) is 11.8 Å². The van der Waals surface area contributed by atoms with Crippen molar-refractivity contribution in [3.8, 4) is 5.88 Å². The molecule has 0 aromatic carbocycles. The number of alkyl halides is 7. The van der Waals surface area contributed by atoms with Crippen LogP contribution in [-0.2, 0) is 12.1 Å². The zero-order valence-electron chi connectivity index (χ0n) is 8.16. The Morgan fingerprint density at radius 3 is 2.11 bits per heavy atom. The highest BCUT2D eigenvalue weighted by molar-refractivity contribution is 6.17. The quantitative estimate of drug-likeness (QED) is 0.469. The van der Waals surface area contributed by atoms with Gasteiger partial charge in [-0.05, 0) is 0 Å². The van der Waals surface area contributed by atoms with Crippen LogP contribution < -0.4 is 4.74 Å². The maximum Gasteiger partial charge on any atom is 0.574 e. The summed E-state index contributed by atoms with van der Waals surface area (Å²) in [6.07, 6.45) is -10.4. The lowest BCUT2D eigenvalue weighted by atomic mass is 10.1. The molecule has 0 radical (unpaired) electrons. The summed E-state index contributed by atoms with van der Waals surface area (Å²) in [5.74, 6) is -4.27. The van der Waals surface area contributed by atoms with E-state index in [1.165, 1.54) is 0 Å². The zero-order valence-corrected chi connectivity index (χ0v) is 8.92. The maximum absolute atomic E-state index is 12.7. The lowest BCUT2D eigenvalue weighted by Gasteiger charge is -2.15. The molecule has 0 spiro atoms. The smallest absolute Gasteiger partial charge is 0.387 e. The van der Waals surface area contributed by atoms with Crippen molar-refractivity contribution >= 4 is 11.6 Å². The highest BCUT2D eigenvalue weighted by Gasteiger charge is 2.39. The second kappa shape index (κ2) is 4.79. The molecule has 2 nitrogen and oxygen atoms in total. The van der Waals surface area contributed by atoms with E-state index >= 15 is 0 Å². The van der Waals surface area contributed by atoms with E-state index in [1.807, 2.05) is 0 Å². The molecule has 1 aromatic rings. The van der Waals surface area contributed by atoms with Gasteiger partial charge in [-0.1, -0.05) is 0 Å². The minimum atomic E-state index is -5.30. The van der Waals surface area contributed by atoms with Gasteiger partial charge in [-0.15, -0.1) is 24.8 Å². The predicted molar refractivity (Wildman–Crippen MR) is 45.4 cm³/mol. The van der Waals surface area contributed by atoms with Gasteiger partial charge in [0.25, 0.3) is 0 Å². The average Bonchev–Trinajstić information content (AvgIpc) is 2.12. The molecule has 0 N–H and O–H groups in total. The Balaban J connectivity index is 3.39. The number of halogens is 8. The second-order valence-electron chi connectivity index (χ2n) is 2.96. The number of rotatable bonds is 2. The van der Waals surface area contributed by atoms with Crippen molar-refractivity contribution in [1.29, 1.82) is 0 Å². The molecule has 0 unspecified atom stereocenters. The molecule has 0 aliphatic rings. The zero-order chi connectivity index (χ0) is 14.1. The van der Waals surface area contributed by atoms with E-state index in [0.29, 0.717) is 0 Å². The van der Waals surface area contributed by atoms with E-state index < -0.39 is 41.4 Å². The van der Waals surface area contributed by atoms with Crippen molar-refractivity contribution in [2.24, 2.45) is 0 Å². The summed E-state index contributed by atoms with van der Waals surface area (Å²) in [6.45, 7) is 0. The van der Waals surface area contributed by atoms with Crippen molar-refractivity contribution < 1.29 is 35.5 Å². The van der Waals surface area contributed by atoms with Crippen molar-refractivity contribution in [3.63, 3.8) is 0 Å². The Labute approximate surface area is 100 Å². The molecule has 0 saturated carbocycles. The summed E-state index contributed by atoms with van der Waals surface area (Å²) in [5.41, 5.74) is -2.74. The van der Waals surface area contributed by atoms with Crippen LogP contribution in [0.1, 0.15) is 11.1 Å². The van der Waals surface area contributed by atoms with Crippen LogP contribution in [-0.4, -0.2) is 11.3 Å². The minimum absolute atomic E-state index is 0.0546. The molecule has 1 aromatic heterocycles. The molecule has 102 valence electrons. The van der Waals surface area contributed by atoms with Crippen LogP contribution in [0.15, 0.2) is 6.07 Å². The molecule has 0 saturated heterocycles. The van der Waals surface area contributed by atoms with E-state index in [2.05, 4.69) is 9.72 Å². The normalized spacial score (nSPS) is 12.7. The van der Waals surface area contributed by atoms with Crippen LogP contribution in [0.5, 0.6) is 5.88 Å². The topological polar surface area (TPSA) is 22.1 Å². The first-order valence-corrected chi connectivity index (χ1v) is 4.66. The molecule has 0 bridgehead atoms. The van der Waals surface area contributed by atoms with Crippen molar-refractivity contribution in [2.45, 2.75) is 18.4 Å². The van der Waals surface area contributed by atoms with Gasteiger partial charge in [0, 0.05) is 11.6 Å². The van der Waals surface area contributed by atoms with Crippen molar-refractivity contribution in [3.05, 3.63) is 23.1 Å². The third-order valence-electron chi connectivity index (χ3n) is 1.71. The molecule has 1 rings (SSSR count). The van der Waals surface area contributed by atoms with Gasteiger partial charge in [0.15, 0.2) is 0 Å². The first-order valence-electron chi connectivity index (χ1n) is 4.13. The summed E-state index contributed by atoms with van der Waals surface area (Å²) < 4.78 is 89.0. The van der Waals surface area contributed by atoms with Gasteiger partial charge in [0.05, 0.1) is 11.4 Å². The SMILES string of the molecule is Fc1cc(C(F)(F)F)c(CCl)c(OC(F)(F)F)n1. The van der Waals surface area contributed by atoms with Crippen LogP contribution in [0.25, 0.3) is 0 Å². The fourth-order valence-corrected chi connectivity index (χ4v) is 1.35. The van der Waals surface area contributed by atoms with Gasteiger partial charge in [-0.25, -0.2) is 0 Å². The number of aromatic nitrogens is 1. The minimum Gasteiger partial charge on any atom is -0.387 e. The first-order chi connectivity index (χ1) is 8.04. The van der Waals surface area contributed by atoms with Gasteiger partial charge in [-0.2, -0.15) is 22.5 Å². The summed E-state index contributed by atoms with van der Waals surface area (Å²) >= 11 is 5.11. The number of pyridine rings is 1. The van der Waals surface area contributed by atoms with Crippen LogP contribution in [0, 0.1) is 5.95 Å². The van der Waals surface area contributed by atoms with Crippen LogP contribution in [0.2, 0.25) is 0 Å². The molecule has 1 heterocycles. The molecule has 0 atom stereocenters. The summed E-state index contributed by atoms with van der Waals surface area (Å²) in [6, 6.07) is -0.0546. The maximum atomic E-state index is 12.7. The van der Waals surface area contributed by atoms with E-state index in [4.69, 9.17) is 11.6 Å². The fraction of sp³-hybridized carbons (Fsp3) is 0.375. The lowest BCUT2D eigenvalue weighted by Crippen LogP contribution is -2.21. The van der Waals surface area contributed by atoms with E-state index in [9.17, 15) is 30.7 Å². The molecule has 0 amide bonds. The molecule has 10 heteroatoms. The number of hydrogen-bond donors (Lipinski definition) is 0. The second-order valence-corrected chi connectivity index (χ2v) is 3.22. The first kappa shape index (κ1) is 14.8. The summed E-state index contributed by atoms with van der Waals surface area (Å²) in [4.78, 5) is 2.61. The average molecular weight is 298 g/mol. The molecule has 0 fully saturated rings. The Kier molecular flexibility index (Phi) is 3.94. The summed E-state index contributed by atoms with van der Waals surface area (Å²) in [7, 11) is 0. The summed E-state index contributed by atoms with van der Waals surface area (Å²) in [5, 5.41) is 0. The van der Waals surface area contributed by atoms with Gasteiger partial charge >= 0.3 is 12.5 Å². The van der Waals surface area contributed by atoms with Gasteiger partial charge < -0.3 is 4.74 Å². The van der Waals surface area contributed by atoms with Crippen molar-refractivity contribution in [1.82, 2.24) is 4.98 Å². The Hall–Kier alpha value is -1.25. The standard InChI is InChI=1S/C8H3ClF7NO/c9-2-3-4(7(11,12)13)1-5(10)17-6(3)18-8(14,15)16/h1H,2H2. The van der Waals surface area contributed by atoms with Crippen LogP contribution >= 0.6 is 11.6 Å². The Morgan fingerprint density at radius 2 is 1.72 bits per heavy atom. The Bertz CT molecular complexity index is 442. The molecule has 0 aliphatic heterocycles. The van der Waals surface area contributed by atoms with E-state index in [1.54, 1.807) is 0 Å². The fourth-order valence-electron chi connectivity index (χ4n) is 1.09. The third-order valence-corrected chi connectivity index (χ3v) is 1.97. The molecular formula is C8H3ClF7NO. The largest absolute Gasteiger partial charge is 0.574 e. The number of ether oxygens (including phenoxy) is 1. The molecular weight excluding hydrogens is 295 g/mol. The predicted octanol–water partition coefficient (Wildman–Crippen LogP) is 3.88. The van der Waals surface area contributed by atoms with Gasteiger partial charge in [-0.3, -0.25) is 0 Å². The third kappa shape index (κ3) is 3.62. The number of nitrogens with zero attached hydrogens (tertiary/aromatic N) is 1.